The van der Waals surface area contributed by atoms with Gasteiger partial charge >= 0.3 is 0 Å². The molecule has 1 aromatic carbocycles. The minimum atomic E-state index is 0.371. The van der Waals surface area contributed by atoms with Gasteiger partial charge < -0.3 is 33.6 Å². The van der Waals surface area contributed by atoms with Gasteiger partial charge in [-0.1, -0.05) is 5.16 Å². The quantitative estimate of drug-likeness (QED) is 0.462. The summed E-state index contributed by atoms with van der Waals surface area (Å²) in [7, 11) is 0. The lowest BCUT2D eigenvalue weighted by Crippen LogP contribution is -2.16. The molecule has 0 fully saturated rings. The van der Waals surface area contributed by atoms with Crippen LogP contribution in [0.15, 0.2) is 23.4 Å². The Morgan fingerprint density at radius 1 is 0.680 bits per heavy atom. The van der Waals surface area contributed by atoms with Crippen LogP contribution in [0.5, 0.6) is 11.5 Å². The zero-order chi connectivity index (χ0) is 17.6. The molecule has 0 saturated heterocycles. The van der Waals surface area contributed by atoms with E-state index >= 15 is 0 Å². The van der Waals surface area contributed by atoms with Crippen molar-refractivity contribution in [3.05, 3.63) is 23.8 Å². The van der Waals surface area contributed by atoms with Gasteiger partial charge in [-0.15, -0.1) is 0 Å². The van der Waals surface area contributed by atoms with Crippen LogP contribution in [-0.2, 0) is 18.9 Å². The summed E-state index contributed by atoms with van der Waals surface area (Å²) in [5.41, 5.74) is 0.703. The van der Waals surface area contributed by atoms with E-state index in [1.54, 1.807) is 18.2 Å². The molecule has 1 N–H and O–H groups in total. The van der Waals surface area contributed by atoms with E-state index in [0.717, 1.165) is 0 Å². The predicted octanol–water partition coefficient (Wildman–Crippen LogP) is 1.33. The van der Waals surface area contributed by atoms with Crippen LogP contribution in [0.2, 0.25) is 0 Å². The lowest BCUT2D eigenvalue weighted by atomic mass is 10.2. The first-order chi connectivity index (χ1) is 12.4. The molecule has 2 rings (SSSR count). The molecule has 1 aliphatic heterocycles. The fourth-order valence-corrected chi connectivity index (χ4v) is 2.09. The molecule has 8 nitrogen and oxygen atoms in total. The van der Waals surface area contributed by atoms with Crippen LogP contribution in [0.25, 0.3) is 0 Å². The maximum absolute atomic E-state index is 8.66. The number of hydrogen-bond acceptors (Lipinski definition) is 8. The maximum atomic E-state index is 8.66. The highest BCUT2D eigenvalue weighted by Crippen LogP contribution is 2.28. The van der Waals surface area contributed by atoms with Crippen molar-refractivity contribution in [2.24, 2.45) is 5.16 Å². The Labute approximate surface area is 147 Å². The smallest absolute Gasteiger partial charge is 0.161 e. The number of hydrogen-bond donors (Lipinski definition) is 1. The minimum absolute atomic E-state index is 0.371. The summed E-state index contributed by atoms with van der Waals surface area (Å²) in [5.74, 6) is 1.15. The molecule has 1 aliphatic rings. The second-order valence-electron chi connectivity index (χ2n) is 5.10. The highest BCUT2D eigenvalue weighted by molar-refractivity contribution is 5.80. The van der Waals surface area contributed by atoms with Gasteiger partial charge in [0, 0.05) is 5.56 Å². The fourth-order valence-electron chi connectivity index (χ4n) is 2.09. The summed E-state index contributed by atoms with van der Waals surface area (Å²) < 4.78 is 33.1. The summed E-state index contributed by atoms with van der Waals surface area (Å²) in [6.07, 6.45) is 1.33. The summed E-state index contributed by atoms with van der Waals surface area (Å²) in [4.78, 5) is 0. The van der Waals surface area contributed by atoms with Crippen molar-refractivity contribution in [1.29, 1.82) is 0 Å². The van der Waals surface area contributed by atoms with E-state index in [1.165, 1.54) is 6.21 Å². The van der Waals surface area contributed by atoms with Gasteiger partial charge in [-0.2, -0.15) is 0 Å². The molecule has 25 heavy (non-hydrogen) atoms. The van der Waals surface area contributed by atoms with Gasteiger partial charge in [-0.05, 0) is 18.2 Å². The fraction of sp³-hybridized carbons (Fsp3) is 0.588. The van der Waals surface area contributed by atoms with Gasteiger partial charge in [0.15, 0.2) is 11.5 Å². The molecule has 1 heterocycles. The lowest BCUT2D eigenvalue weighted by Gasteiger charge is -2.14. The highest BCUT2D eigenvalue weighted by Gasteiger charge is 2.07. The lowest BCUT2D eigenvalue weighted by molar-refractivity contribution is -0.00841. The van der Waals surface area contributed by atoms with Crippen LogP contribution in [0.1, 0.15) is 5.56 Å². The molecule has 0 saturated carbocycles. The van der Waals surface area contributed by atoms with Crippen LogP contribution in [-0.4, -0.2) is 77.5 Å². The summed E-state index contributed by atoms with van der Waals surface area (Å²) in [6, 6.07) is 5.28. The van der Waals surface area contributed by atoms with Gasteiger partial charge in [-0.25, -0.2) is 0 Å². The van der Waals surface area contributed by atoms with E-state index in [2.05, 4.69) is 5.16 Å². The molecular weight excluding hydrogens is 330 g/mol. The van der Waals surface area contributed by atoms with Gasteiger partial charge in [0.25, 0.3) is 0 Å². The van der Waals surface area contributed by atoms with Crippen LogP contribution in [0.3, 0.4) is 0 Å². The van der Waals surface area contributed by atoms with E-state index < -0.39 is 0 Å². The molecule has 140 valence electrons. The Bertz CT molecular complexity index is 510. The summed E-state index contributed by atoms with van der Waals surface area (Å²) in [5, 5.41) is 11.7. The Morgan fingerprint density at radius 2 is 1.16 bits per heavy atom. The molecule has 0 aliphatic carbocycles. The molecule has 8 heteroatoms. The monoisotopic (exact) mass is 355 g/mol. The van der Waals surface area contributed by atoms with Gasteiger partial charge in [0.1, 0.15) is 13.2 Å². The molecule has 0 radical (unpaired) electrons. The van der Waals surface area contributed by atoms with Crippen molar-refractivity contribution < 1.29 is 33.6 Å². The third kappa shape index (κ3) is 8.17. The largest absolute Gasteiger partial charge is 0.487 e. The average Bonchev–Trinajstić information content (AvgIpc) is 2.62. The maximum Gasteiger partial charge on any atom is 0.161 e. The van der Waals surface area contributed by atoms with Crippen molar-refractivity contribution in [2.75, 3.05) is 66.1 Å². The van der Waals surface area contributed by atoms with Crippen LogP contribution in [0, 0.1) is 0 Å². The number of benzene rings is 1. The van der Waals surface area contributed by atoms with Crippen molar-refractivity contribution in [3.8, 4) is 11.5 Å². The van der Waals surface area contributed by atoms with Crippen molar-refractivity contribution in [1.82, 2.24) is 0 Å². The molecule has 0 unspecified atom stereocenters. The zero-order valence-corrected chi connectivity index (χ0v) is 14.2. The first-order valence-corrected chi connectivity index (χ1v) is 8.28. The van der Waals surface area contributed by atoms with Crippen LogP contribution >= 0.6 is 0 Å². The second kappa shape index (κ2) is 12.5. The predicted molar refractivity (Wildman–Crippen MR) is 90.1 cm³/mol. The SMILES string of the molecule is ON=Cc1ccc2c(c1)OCCOCCOCCOCCOCCO2. The Hall–Kier alpha value is -1.87. The summed E-state index contributed by atoms with van der Waals surface area (Å²) >= 11 is 0. The van der Waals surface area contributed by atoms with Crippen molar-refractivity contribution in [2.45, 2.75) is 0 Å². The van der Waals surface area contributed by atoms with Crippen LogP contribution in [0.4, 0.5) is 0 Å². The van der Waals surface area contributed by atoms with Gasteiger partial charge in [0.2, 0.25) is 0 Å². The number of rotatable bonds is 1. The number of fused-ring (bicyclic) bond motifs is 1. The van der Waals surface area contributed by atoms with Crippen molar-refractivity contribution in [3.63, 3.8) is 0 Å². The first-order valence-electron chi connectivity index (χ1n) is 8.28. The van der Waals surface area contributed by atoms with E-state index in [9.17, 15) is 0 Å². The Morgan fingerprint density at radius 3 is 1.68 bits per heavy atom. The van der Waals surface area contributed by atoms with E-state index in [-0.39, 0.29) is 0 Å². The van der Waals surface area contributed by atoms with Crippen LogP contribution < -0.4 is 9.47 Å². The highest BCUT2D eigenvalue weighted by atomic mass is 16.6. The Kier molecular flexibility index (Phi) is 9.72. The Balaban J connectivity index is 1.92. The van der Waals surface area contributed by atoms with E-state index in [0.29, 0.717) is 83.1 Å². The molecule has 0 spiro atoms. The van der Waals surface area contributed by atoms with Crippen molar-refractivity contribution >= 4 is 6.21 Å². The molecule has 0 amide bonds. The van der Waals surface area contributed by atoms with Gasteiger partial charge in [-0.3, -0.25) is 0 Å². The average molecular weight is 355 g/mol. The summed E-state index contributed by atoms with van der Waals surface area (Å²) in [6.45, 7) is 4.73. The topological polar surface area (TPSA) is 88.0 Å². The number of oxime groups is 1. The third-order valence-electron chi connectivity index (χ3n) is 3.26. The molecule has 0 aromatic heterocycles. The molecular formula is C17H25NO7. The minimum Gasteiger partial charge on any atom is -0.487 e. The second-order valence-corrected chi connectivity index (χ2v) is 5.10. The normalized spacial score (nSPS) is 19.2. The molecule has 1 aromatic rings. The van der Waals surface area contributed by atoms with E-state index in [1.807, 2.05) is 0 Å². The van der Waals surface area contributed by atoms with Gasteiger partial charge in [0.05, 0.1) is 59.1 Å². The number of nitrogens with zero attached hydrogens (tertiary/aromatic N) is 1. The van der Waals surface area contributed by atoms with E-state index in [4.69, 9.17) is 33.6 Å². The zero-order valence-electron chi connectivity index (χ0n) is 14.2. The molecule has 0 atom stereocenters. The first kappa shape index (κ1) is 19.5. The standard InChI is InChI=1S/C17H25NO7/c19-18-14-15-1-2-16-17(13-15)25-12-10-23-8-6-21-4-3-20-5-7-22-9-11-24-16/h1-2,13-14,19H,3-12H2. The molecule has 0 bridgehead atoms. The third-order valence-corrected chi connectivity index (χ3v) is 3.26. The number of ether oxygens (including phenoxy) is 6.